The van der Waals surface area contributed by atoms with Crippen molar-refractivity contribution in [3.63, 3.8) is 0 Å². The summed E-state index contributed by atoms with van der Waals surface area (Å²) in [5, 5.41) is 61.6. The molecule has 6 aromatic rings. The van der Waals surface area contributed by atoms with Crippen LogP contribution in [0.4, 0.5) is 0 Å². The van der Waals surface area contributed by atoms with E-state index < -0.39 is 35.6 Å². The maximum absolute atomic E-state index is 11.9. The second-order valence-electron chi connectivity index (χ2n) is 13.4. The van der Waals surface area contributed by atoms with Gasteiger partial charge in [-0.3, -0.25) is 14.4 Å². The van der Waals surface area contributed by atoms with Crippen LogP contribution < -0.4 is 16.0 Å². The third kappa shape index (κ3) is 15.1. The van der Waals surface area contributed by atoms with E-state index >= 15 is 0 Å². The number of benzene rings is 3. The molecule has 3 aromatic heterocycles. The first-order chi connectivity index (χ1) is 31.6. The number of aromatic nitrogens is 3. The number of rotatable bonds is 12. The summed E-state index contributed by atoms with van der Waals surface area (Å²) in [5.41, 5.74) is 4.78. The molecule has 3 amide bonds. The van der Waals surface area contributed by atoms with Gasteiger partial charge in [-0.1, -0.05) is 36.4 Å². The van der Waals surface area contributed by atoms with E-state index in [2.05, 4.69) is 30.9 Å². The molecule has 0 fully saturated rings. The maximum atomic E-state index is 11.9. The zero-order valence-electron chi connectivity index (χ0n) is 35.8. The summed E-state index contributed by atoms with van der Waals surface area (Å²) in [7, 11) is 0. The number of carbonyl (C=O) groups excluding carboxylic acids is 3. The average molecular weight is 1040 g/mol. The fraction of sp³-hybridized carbons (Fsp3) is 0.125. The summed E-state index contributed by atoms with van der Waals surface area (Å²) in [6, 6.07) is 34.7. The van der Waals surface area contributed by atoms with Gasteiger partial charge in [-0.15, -0.1) is 0 Å². The fourth-order valence-electron chi connectivity index (χ4n) is 5.73. The van der Waals surface area contributed by atoms with Crippen molar-refractivity contribution in [1.82, 2.24) is 30.9 Å². The zero-order valence-corrected chi connectivity index (χ0v) is 38.0. The molecule has 0 saturated heterocycles. The van der Waals surface area contributed by atoms with Gasteiger partial charge in [0.25, 0.3) is 17.7 Å². The molecule has 339 valence electrons. The van der Waals surface area contributed by atoms with Crippen LogP contribution >= 0.6 is 0 Å². The number of hydrogen-bond acceptors (Lipinski definition) is 12. The van der Waals surface area contributed by atoms with Crippen molar-refractivity contribution >= 4 is 35.6 Å². The quantitative estimate of drug-likeness (QED) is 0.0794. The summed E-state index contributed by atoms with van der Waals surface area (Å²) < 4.78 is 0. The van der Waals surface area contributed by atoms with Crippen molar-refractivity contribution in [3.05, 3.63) is 160 Å². The van der Waals surface area contributed by atoms with Gasteiger partial charge < -0.3 is 31.3 Å². The van der Waals surface area contributed by atoms with Crippen molar-refractivity contribution in [2.24, 2.45) is 0 Å². The molecular formula is C48H39N9O9Tb. The van der Waals surface area contributed by atoms with E-state index in [0.717, 1.165) is 0 Å². The van der Waals surface area contributed by atoms with Crippen LogP contribution in [0.1, 0.15) is 100 Å². The molecule has 0 atom stereocenters. The van der Waals surface area contributed by atoms with Crippen molar-refractivity contribution in [1.29, 1.82) is 15.8 Å². The van der Waals surface area contributed by atoms with Crippen LogP contribution in [0.5, 0.6) is 0 Å². The zero-order chi connectivity index (χ0) is 48.3. The van der Waals surface area contributed by atoms with Gasteiger partial charge >= 0.3 is 17.9 Å². The van der Waals surface area contributed by atoms with Crippen molar-refractivity contribution < 1.29 is 82.7 Å². The first-order valence-electron chi connectivity index (χ1n) is 19.8. The Hall–Kier alpha value is -8.31. The third-order valence-corrected chi connectivity index (χ3v) is 8.89. The number of carboxylic acid groups (broad SMARTS) is 3. The van der Waals surface area contributed by atoms with E-state index in [-0.39, 0.29) is 72.8 Å². The van der Waals surface area contributed by atoms with Gasteiger partial charge in [0, 0.05) is 58.2 Å². The molecule has 19 heteroatoms. The number of carbonyl (C=O) groups is 6. The molecule has 0 spiro atoms. The molecule has 0 bridgehead atoms. The molecule has 6 N–H and O–H groups in total. The molecule has 3 heterocycles. The number of hydrogen-bond donors (Lipinski definition) is 6. The topological polar surface area (TPSA) is 309 Å². The summed E-state index contributed by atoms with van der Waals surface area (Å²) >= 11 is 0. The summed E-state index contributed by atoms with van der Waals surface area (Å²) in [6.07, 6.45) is 0. The van der Waals surface area contributed by atoms with E-state index in [1.54, 1.807) is 93.6 Å². The minimum Gasteiger partial charge on any atom is -0.477 e. The van der Waals surface area contributed by atoms with Crippen LogP contribution in [0.2, 0.25) is 0 Å². The van der Waals surface area contributed by atoms with Crippen LogP contribution in [0, 0.1) is 72.6 Å². The summed E-state index contributed by atoms with van der Waals surface area (Å²) in [6.45, 7) is 6.56. The second-order valence-corrected chi connectivity index (χ2v) is 13.4. The first-order valence-corrected chi connectivity index (χ1v) is 19.8. The standard InChI is InChI=1S/3C16H13N3O3.Tb/c3*1-2-18-15(20)13-7-12(8-14(19-13)16(21)22)11-5-3-10(9-17)4-6-11;/h3*3-8H,2H2,1H3,(H,18,20)(H,21,22);. The van der Waals surface area contributed by atoms with E-state index in [1.807, 2.05) is 18.2 Å². The molecule has 0 aliphatic heterocycles. The van der Waals surface area contributed by atoms with Crippen LogP contribution in [0.15, 0.2) is 109 Å². The predicted molar refractivity (Wildman–Crippen MR) is 238 cm³/mol. The van der Waals surface area contributed by atoms with Gasteiger partial charge in [-0.25, -0.2) is 29.3 Å². The molecular weight excluding hydrogens is 1010 g/mol. The number of nitrogens with one attached hydrogen (secondary N) is 3. The Morgan fingerprint density at radius 3 is 0.791 bits per heavy atom. The minimum absolute atomic E-state index is 0. The third-order valence-electron chi connectivity index (χ3n) is 8.89. The number of amides is 3. The second kappa shape index (κ2) is 25.8. The normalized spacial score (nSPS) is 9.67. The maximum Gasteiger partial charge on any atom is 0.354 e. The molecule has 0 aliphatic rings. The average Bonchev–Trinajstić information content (AvgIpc) is 3.34. The van der Waals surface area contributed by atoms with Crippen LogP contribution in [0.25, 0.3) is 33.4 Å². The first kappa shape index (κ1) is 53.0. The monoisotopic (exact) mass is 1040 g/mol. The van der Waals surface area contributed by atoms with E-state index in [0.29, 0.717) is 69.7 Å². The molecule has 67 heavy (non-hydrogen) atoms. The number of nitriles is 3. The van der Waals surface area contributed by atoms with Crippen molar-refractivity contribution in [3.8, 4) is 51.6 Å². The Balaban J connectivity index is 0.000000264. The minimum atomic E-state index is -1.21. The van der Waals surface area contributed by atoms with Crippen LogP contribution in [-0.4, -0.2) is 85.5 Å². The Morgan fingerprint density at radius 2 is 0.612 bits per heavy atom. The Morgan fingerprint density at radius 1 is 0.403 bits per heavy atom. The smallest absolute Gasteiger partial charge is 0.354 e. The Kier molecular flexibility index (Phi) is 20.5. The van der Waals surface area contributed by atoms with Gasteiger partial charge in [0.05, 0.1) is 34.9 Å². The molecule has 6 rings (SSSR count). The van der Waals surface area contributed by atoms with Gasteiger partial charge in [0.1, 0.15) is 34.2 Å². The molecule has 3 aromatic carbocycles. The Labute approximate surface area is 414 Å². The van der Waals surface area contributed by atoms with Crippen LogP contribution in [-0.2, 0) is 0 Å². The van der Waals surface area contributed by atoms with Gasteiger partial charge in [0.15, 0.2) is 0 Å². The Bertz CT molecular complexity index is 2610. The molecule has 0 aliphatic carbocycles. The number of nitrogens with zero attached hydrogens (tertiary/aromatic N) is 6. The number of carboxylic acids is 3. The predicted octanol–water partition coefficient (Wildman–Crippen LogP) is 6.20. The molecule has 0 unspecified atom stereocenters. The molecule has 0 saturated carbocycles. The molecule has 18 nitrogen and oxygen atoms in total. The number of aromatic carboxylic acids is 3. The molecule has 1 radical (unpaired) electrons. The largest absolute Gasteiger partial charge is 0.477 e. The van der Waals surface area contributed by atoms with E-state index in [4.69, 9.17) is 31.1 Å². The van der Waals surface area contributed by atoms with Gasteiger partial charge in [-0.2, -0.15) is 15.8 Å². The summed E-state index contributed by atoms with van der Waals surface area (Å²) in [4.78, 5) is 80.8. The number of pyridine rings is 3. The van der Waals surface area contributed by atoms with Crippen molar-refractivity contribution in [2.75, 3.05) is 19.6 Å². The SMILES string of the molecule is CCNC(=O)c1cc(-c2ccc(C#N)cc2)cc(C(=O)O)n1.CCNC(=O)c1cc(-c2ccc(C#N)cc2)cc(C(=O)O)n1.CCNC(=O)c1cc(-c2ccc(C#N)cc2)cc(C(=O)O)n1.[Tb]. The fourth-order valence-corrected chi connectivity index (χ4v) is 5.73. The summed E-state index contributed by atoms with van der Waals surface area (Å²) in [5.74, 6) is -4.91. The van der Waals surface area contributed by atoms with Crippen molar-refractivity contribution in [2.45, 2.75) is 20.8 Å². The van der Waals surface area contributed by atoms with Gasteiger partial charge in [-0.05, 0) is 127 Å². The van der Waals surface area contributed by atoms with E-state index in [1.165, 1.54) is 36.4 Å². The van der Waals surface area contributed by atoms with Crippen LogP contribution in [0.3, 0.4) is 0 Å². The van der Waals surface area contributed by atoms with Gasteiger partial charge in [0.2, 0.25) is 0 Å². The van der Waals surface area contributed by atoms with E-state index in [9.17, 15) is 28.8 Å².